The van der Waals surface area contributed by atoms with Gasteiger partial charge in [0.25, 0.3) is 0 Å². The van der Waals surface area contributed by atoms with Gasteiger partial charge in [0.2, 0.25) is 5.91 Å². The number of nitrogens with two attached hydrogens (primary N) is 2. The molecule has 1 unspecified atom stereocenters. The van der Waals surface area contributed by atoms with Crippen molar-refractivity contribution < 1.29 is 4.79 Å². The van der Waals surface area contributed by atoms with Crippen molar-refractivity contribution in [1.29, 1.82) is 0 Å². The van der Waals surface area contributed by atoms with Gasteiger partial charge in [-0.2, -0.15) is 0 Å². The van der Waals surface area contributed by atoms with Gasteiger partial charge in [-0.3, -0.25) is 4.79 Å². The minimum Gasteiger partial charge on any atom is -0.370 e. The number of nitrogens with zero attached hydrogens (tertiary/aromatic N) is 1. The summed E-state index contributed by atoms with van der Waals surface area (Å²) in [5, 5.41) is 3.09. The third-order valence-corrected chi connectivity index (χ3v) is 4.17. The van der Waals surface area contributed by atoms with Crippen LogP contribution in [0.2, 0.25) is 0 Å². The van der Waals surface area contributed by atoms with Crippen molar-refractivity contribution in [3.63, 3.8) is 0 Å². The number of primary amides is 1. The third kappa shape index (κ3) is 3.89. The molecule has 112 valence electrons. The van der Waals surface area contributed by atoms with Crippen molar-refractivity contribution in [3.05, 3.63) is 40.9 Å². The number of hydrogen-bond donors (Lipinski definition) is 2. The number of amides is 1. The molecule has 0 aliphatic heterocycles. The Balaban J connectivity index is 2.19. The first-order valence-electron chi connectivity index (χ1n) is 6.87. The number of thiazole rings is 1. The van der Waals surface area contributed by atoms with Gasteiger partial charge in [-0.25, -0.2) is 4.98 Å². The van der Waals surface area contributed by atoms with E-state index in [1.165, 1.54) is 0 Å². The van der Waals surface area contributed by atoms with Crippen molar-refractivity contribution in [2.24, 2.45) is 11.5 Å². The summed E-state index contributed by atoms with van der Waals surface area (Å²) in [4.78, 5) is 15.6. The van der Waals surface area contributed by atoms with Gasteiger partial charge in [-0.05, 0) is 5.56 Å². The molecule has 0 aliphatic rings. The lowest BCUT2D eigenvalue weighted by atomic mass is 9.93. The van der Waals surface area contributed by atoms with Crippen LogP contribution in [-0.4, -0.2) is 10.9 Å². The molecule has 0 fully saturated rings. The van der Waals surface area contributed by atoms with E-state index in [1.807, 2.05) is 24.3 Å². The van der Waals surface area contributed by atoms with E-state index in [0.29, 0.717) is 0 Å². The third-order valence-electron chi connectivity index (χ3n) is 3.28. The van der Waals surface area contributed by atoms with E-state index in [1.54, 1.807) is 11.3 Å². The zero-order chi connectivity index (χ0) is 15.6. The molecule has 0 spiro atoms. The molecule has 0 radical (unpaired) electrons. The van der Waals surface area contributed by atoms with Crippen molar-refractivity contribution in [1.82, 2.24) is 4.98 Å². The van der Waals surface area contributed by atoms with Crippen molar-refractivity contribution in [2.75, 3.05) is 0 Å². The number of carbonyl (C=O) groups excluding carboxylic acids is 1. The zero-order valence-corrected chi connectivity index (χ0v) is 13.4. The Morgan fingerprint density at radius 1 is 1.29 bits per heavy atom. The predicted octanol–water partition coefficient (Wildman–Crippen LogP) is 2.98. The van der Waals surface area contributed by atoms with Gasteiger partial charge in [0.15, 0.2) is 0 Å². The first kappa shape index (κ1) is 15.7. The van der Waals surface area contributed by atoms with E-state index in [9.17, 15) is 4.79 Å². The normalized spacial score (nSPS) is 13.1. The lowest BCUT2D eigenvalue weighted by Gasteiger charge is -2.14. The number of aromatic nitrogens is 1. The van der Waals surface area contributed by atoms with Crippen LogP contribution in [0.4, 0.5) is 0 Å². The molecule has 1 amide bonds. The molecule has 1 heterocycles. The topological polar surface area (TPSA) is 82.0 Å². The number of carbonyl (C=O) groups is 1. The zero-order valence-electron chi connectivity index (χ0n) is 12.6. The quantitative estimate of drug-likeness (QED) is 0.911. The molecule has 21 heavy (non-hydrogen) atoms. The van der Waals surface area contributed by atoms with Crippen LogP contribution < -0.4 is 11.5 Å². The van der Waals surface area contributed by atoms with Crippen molar-refractivity contribution in [3.8, 4) is 10.6 Å². The van der Waals surface area contributed by atoms with Crippen LogP contribution in [0, 0.1) is 0 Å². The van der Waals surface area contributed by atoms with E-state index < -0.39 is 0 Å². The minimum absolute atomic E-state index is 0.0541. The smallest absolute Gasteiger partial charge is 0.219 e. The maximum atomic E-state index is 10.9. The van der Waals surface area contributed by atoms with E-state index >= 15 is 0 Å². The van der Waals surface area contributed by atoms with Crippen LogP contribution in [0.15, 0.2) is 29.6 Å². The largest absolute Gasteiger partial charge is 0.370 e. The molecule has 4 N–H and O–H groups in total. The second kappa shape index (κ2) is 5.95. The Kier molecular flexibility index (Phi) is 4.44. The molecule has 0 bridgehead atoms. The summed E-state index contributed by atoms with van der Waals surface area (Å²) in [6, 6.07) is 7.49. The molecular formula is C16H21N3OS. The van der Waals surface area contributed by atoms with Crippen LogP contribution in [-0.2, 0) is 10.2 Å². The lowest BCUT2D eigenvalue weighted by molar-refractivity contribution is -0.118. The first-order valence-corrected chi connectivity index (χ1v) is 7.75. The maximum absolute atomic E-state index is 10.9. The summed E-state index contributed by atoms with van der Waals surface area (Å²) in [5.41, 5.74) is 14.2. The molecular weight excluding hydrogens is 282 g/mol. The second-order valence-electron chi connectivity index (χ2n) is 6.19. The fourth-order valence-corrected chi connectivity index (χ4v) is 3.01. The molecule has 5 heteroatoms. The molecule has 0 saturated heterocycles. The number of rotatable bonds is 4. The van der Waals surface area contributed by atoms with Gasteiger partial charge >= 0.3 is 0 Å². The fourth-order valence-electron chi connectivity index (χ4n) is 1.96. The SMILES string of the molecule is CC(C)(C)c1csc(-c2ccc(C(N)CC(N)=O)cc2)n1. The van der Waals surface area contributed by atoms with Crippen molar-refractivity contribution in [2.45, 2.75) is 38.6 Å². The van der Waals surface area contributed by atoms with Crippen LogP contribution in [0.25, 0.3) is 10.6 Å². The van der Waals surface area contributed by atoms with Gasteiger partial charge in [0.1, 0.15) is 5.01 Å². The molecule has 2 rings (SSSR count). The van der Waals surface area contributed by atoms with Crippen LogP contribution >= 0.6 is 11.3 Å². The molecule has 0 saturated carbocycles. The summed E-state index contributed by atoms with van der Waals surface area (Å²) in [6.45, 7) is 6.45. The summed E-state index contributed by atoms with van der Waals surface area (Å²) >= 11 is 1.64. The molecule has 0 aliphatic carbocycles. The van der Waals surface area contributed by atoms with E-state index in [4.69, 9.17) is 11.5 Å². The van der Waals surface area contributed by atoms with Crippen LogP contribution in [0.5, 0.6) is 0 Å². The highest BCUT2D eigenvalue weighted by Gasteiger charge is 2.18. The Labute approximate surface area is 129 Å². The Bertz CT molecular complexity index is 626. The predicted molar refractivity (Wildman–Crippen MR) is 87.0 cm³/mol. The van der Waals surface area contributed by atoms with E-state index in [0.717, 1.165) is 21.8 Å². The van der Waals surface area contributed by atoms with Gasteiger partial charge < -0.3 is 11.5 Å². The highest BCUT2D eigenvalue weighted by molar-refractivity contribution is 7.13. The molecule has 1 aromatic carbocycles. The molecule has 1 atom stereocenters. The van der Waals surface area contributed by atoms with Gasteiger partial charge in [-0.15, -0.1) is 11.3 Å². The van der Waals surface area contributed by atoms with Gasteiger partial charge in [0.05, 0.1) is 5.69 Å². The average Bonchev–Trinajstić information content (AvgIpc) is 2.87. The first-order chi connectivity index (χ1) is 9.77. The van der Waals surface area contributed by atoms with Crippen molar-refractivity contribution >= 4 is 17.2 Å². The maximum Gasteiger partial charge on any atom is 0.219 e. The number of benzene rings is 1. The highest BCUT2D eigenvalue weighted by Crippen LogP contribution is 2.30. The van der Waals surface area contributed by atoms with Crippen LogP contribution in [0.1, 0.15) is 44.5 Å². The highest BCUT2D eigenvalue weighted by atomic mass is 32.1. The Hall–Kier alpha value is -1.72. The van der Waals surface area contributed by atoms with E-state index in [-0.39, 0.29) is 23.8 Å². The number of hydrogen-bond acceptors (Lipinski definition) is 4. The molecule has 2 aromatic rings. The summed E-state index contributed by atoms with van der Waals surface area (Å²) in [5.74, 6) is -0.388. The van der Waals surface area contributed by atoms with Gasteiger partial charge in [0, 0.05) is 28.8 Å². The molecule has 1 aromatic heterocycles. The average molecular weight is 303 g/mol. The standard InChI is InChI=1S/C16H21N3OS/c1-16(2,3)13-9-21-15(19-13)11-6-4-10(5-7-11)12(17)8-14(18)20/h4-7,9,12H,8,17H2,1-3H3,(H2,18,20). The lowest BCUT2D eigenvalue weighted by Crippen LogP contribution is -2.20. The summed E-state index contributed by atoms with van der Waals surface area (Å²) in [6.07, 6.45) is 0.158. The Morgan fingerprint density at radius 2 is 1.90 bits per heavy atom. The monoisotopic (exact) mass is 303 g/mol. The fraction of sp³-hybridized carbons (Fsp3) is 0.375. The summed E-state index contributed by atoms with van der Waals surface area (Å²) < 4.78 is 0. The van der Waals surface area contributed by atoms with E-state index in [2.05, 4.69) is 31.1 Å². The molecule has 4 nitrogen and oxygen atoms in total. The van der Waals surface area contributed by atoms with Crippen LogP contribution in [0.3, 0.4) is 0 Å². The van der Waals surface area contributed by atoms with Gasteiger partial charge in [-0.1, -0.05) is 45.0 Å². The second-order valence-corrected chi connectivity index (χ2v) is 7.04. The summed E-state index contributed by atoms with van der Waals surface area (Å²) in [7, 11) is 0. The minimum atomic E-state index is -0.388. The Morgan fingerprint density at radius 3 is 2.38 bits per heavy atom.